The summed E-state index contributed by atoms with van der Waals surface area (Å²) < 4.78 is 35.8. The van der Waals surface area contributed by atoms with Gasteiger partial charge < -0.3 is 28.4 Å². The summed E-state index contributed by atoms with van der Waals surface area (Å²) in [5.74, 6) is 2.47. The van der Waals surface area contributed by atoms with Gasteiger partial charge in [0.05, 0.1) is 62.9 Å². The Morgan fingerprint density at radius 2 is 0.774 bits per heavy atom. The zero-order valence-corrected chi connectivity index (χ0v) is 30.5. The topological polar surface area (TPSA) is 103 Å². The van der Waals surface area contributed by atoms with E-state index in [2.05, 4.69) is 36.4 Å². The number of ether oxygens (including phenoxy) is 6. The third-order valence-corrected chi connectivity index (χ3v) is 9.94. The molecule has 8 heteroatoms. The smallest absolute Gasteiger partial charge is 0.412 e. The van der Waals surface area contributed by atoms with Gasteiger partial charge in [0.15, 0.2) is 0 Å². The van der Waals surface area contributed by atoms with Crippen molar-refractivity contribution < 1.29 is 28.4 Å². The lowest BCUT2D eigenvalue weighted by Crippen LogP contribution is -2.53. The molecule has 0 amide bonds. The number of rotatable bonds is 18. The van der Waals surface area contributed by atoms with Gasteiger partial charge in [-0.05, 0) is 96.5 Å². The monoisotopic (exact) mass is 714 g/mol. The molecule has 2 heterocycles. The Balaban J connectivity index is 0.745. The fraction of sp³-hybridized carbons (Fsp3) is 0.422. The van der Waals surface area contributed by atoms with Gasteiger partial charge in [-0.15, -0.1) is 0 Å². The molecule has 0 atom stereocenters. The van der Waals surface area contributed by atoms with Crippen molar-refractivity contribution in [3.05, 3.63) is 108 Å². The molecule has 4 aromatic rings. The van der Waals surface area contributed by atoms with E-state index in [1.165, 1.54) is 0 Å². The standard InChI is InChI=1S/C45H50N2O6/c46-29-35-11-15-39(16-12-35)41-19-23-43(24-20-41)48-27-7-3-1-5-9-37-31-50-45(51-32-37)52-33-38(34-53-45)10-6-2-4-8-28-49-44-25-21-42(22-26-44)40-17-13-36(30-47)14-18-40/h11-26,37-38H,1-10,27-28,31-34H2. The van der Waals surface area contributed by atoms with Crippen molar-refractivity contribution in [1.82, 2.24) is 0 Å². The first-order valence-corrected chi connectivity index (χ1v) is 19.1. The largest absolute Gasteiger partial charge is 0.494 e. The van der Waals surface area contributed by atoms with Crippen molar-refractivity contribution in [1.29, 1.82) is 10.5 Å². The quantitative estimate of drug-likeness (QED) is 0.0939. The molecule has 6 rings (SSSR count). The molecule has 0 saturated carbocycles. The van der Waals surface area contributed by atoms with Crippen LogP contribution < -0.4 is 9.47 Å². The molecule has 0 bridgehead atoms. The number of hydrogen-bond acceptors (Lipinski definition) is 8. The molecule has 1 spiro atoms. The summed E-state index contributed by atoms with van der Waals surface area (Å²) in [5, 5.41) is 18.0. The summed E-state index contributed by atoms with van der Waals surface area (Å²) in [5.41, 5.74) is 5.73. The summed E-state index contributed by atoms with van der Waals surface area (Å²) in [6.45, 7) is 3.79. The molecule has 0 radical (unpaired) electrons. The molecule has 2 fully saturated rings. The van der Waals surface area contributed by atoms with E-state index < -0.39 is 6.16 Å². The molecule has 276 valence electrons. The third-order valence-electron chi connectivity index (χ3n) is 9.94. The molecule has 8 nitrogen and oxygen atoms in total. The van der Waals surface area contributed by atoms with E-state index in [0.717, 1.165) is 98.0 Å². The zero-order chi connectivity index (χ0) is 36.6. The number of nitriles is 2. The summed E-state index contributed by atoms with van der Waals surface area (Å²) in [7, 11) is 0. The minimum absolute atomic E-state index is 0.355. The Labute approximate surface area is 314 Å². The molecule has 0 aromatic heterocycles. The first-order valence-electron chi connectivity index (χ1n) is 19.1. The molecular weight excluding hydrogens is 665 g/mol. The van der Waals surface area contributed by atoms with Crippen molar-refractivity contribution in [2.75, 3.05) is 39.6 Å². The molecule has 0 aliphatic carbocycles. The van der Waals surface area contributed by atoms with Gasteiger partial charge in [-0.25, -0.2) is 0 Å². The Morgan fingerprint density at radius 3 is 1.11 bits per heavy atom. The van der Waals surface area contributed by atoms with Crippen molar-refractivity contribution in [2.45, 2.75) is 70.4 Å². The highest BCUT2D eigenvalue weighted by Crippen LogP contribution is 2.32. The summed E-state index contributed by atoms with van der Waals surface area (Å²) >= 11 is 0. The van der Waals surface area contributed by atoms with E-state index in [1.807, 2.05) is 72.8 Å². The Kier molecular flexibility index (Phi) is 14.3. The molecular formula is C45H50N2O6. The summed E-state index contributed by atoms with van der Waals surface area (Å²) in [4.78, 5) is 0. The van der Waals surface area contributed by atoms with Crippen LogP contribution in [0.1, 0.15) is 75.3 Å². The van der Waals surface area contributed by atoms with Crippen molar-refractivity contribution in [2.24, 2.45) is 11.8 Å². The predicted octanol–water partition coefficient (Wildman–Crippen LogP) is 10.1. The van der Waals surface area contributed by atoms with E-state index in [-0.39, 0.29) is 0 Å². The molecule has 2 saturated heterocycles. The number of hydrogen-bond donors (Lipinski definition) is 0. The van der Waals surface area contributed by atoms with Crippen LogP contribution in [0.3, 0.4) is 0 Å². The summed E-state index contributed by atoms with van der Waals surface area (Å²) in [6, 6.07) is 35.8. The highest BCUT2D eigenvalue weighted by Gasteiger charge is 2.44. The molecule has 4 aromatic carbocycles. The molecule has 2 aliphatic rings. The molecule has 2 aliphatic heterocycles. The van der Waals surface area contributed by atoms with Gasteiger partial charge in [-0.1, -0.05) is 87.1 Å². The number of nitrogens with zero attached hydrogens (tertiary/aromatic N) is 2. The Bertz CT molecular complexity index is 1610. The predicted molar refractivity (Wildman–Crippen MR) is 204 cm³/mol. The van der Waals surface area contributed by atoms with Gasteiger partial charge in [-0.3, -0.25) is 0 Å². The third kappa shape index (κ3) is 11.6. The molecule has 0 unspecified atom stereocenters. The van der Waals surface area contributed by atoms with Crippen LogP contribution in [0.4, 0.5) is 0 Å². The van der Waals surface area contributed by atoms with Crippen LogP contribution in [0.2, 0.25) is 0 Å². The first kappa shape index (κ1) is 38.0. The number of unbranched alkanes of at least 4 members (excludes halogenated alkanes) is 6. The second-order valence-corrected chi connectivity index (χ2v) is 14.0. The van der Waals surface area contributed by atoms with Crippen LogP contribution in [-0.4, -0.2) is 45.8 Å². The molecule has 0 N–H and O–H groups in total. The van der Waals surface area contributed by atoms with Gasteiger partial charge in [0.2, 0.25) is 0 Å². The van der Waals surface area contributed by atoms with Gasteiger partial charge in [-0.2, -0.15) is 10.5 Å². The van der Waals surface area contributed by atoms with Crippen molar-refractivity contribution >= 4 is 0 Å². The van der Waals surface area contributed by atoms with E-state index >= 15 is 0 Å². The van der Waals surface area contributed by atoms with Gasteiger partial charge >= 0.3 is 6.16 Å². The fourth-order valence-corrected chi connectivity index (χ4v) is 6.68. The van der Waals surface area contributed by atoms with E-state index in [1.54, 1.807) is 0 Å². The van der Waals surface area contributed by atoms with E-state index in [4.69, 9.17) is 38.9 Å². The lowest BCUT2D eigenvalue weighted by atomic mass is 10.0. The Hall–Kier alpha value is -4.70. The zero-order valence-electron chi connectivity index (χ0n) is 30.5. The minimum atomic E-state index is -1.32. The maximum Gasteiger partial charge on any atom is 0.412 e. The highest BCUT2D eigenvalue weighted by atomic mass is 17.0. The maximum atomic E-state index is 8.99. The lowest BCUT2D eigenvalue weighted by Gasteiger charge is -2.42. The van der Waals surface area contributed by atoms with Crippen LogP contribution in [-0.2, 0) is 18.9 Å². The second-order valence-electron chi connectivity index (χ2n) is 14.0. The second kappa shape index (κ2) is 19.9. The SMILES string of the molecule is N#Cc1ccc(-c2ccc(OCCCCCCC3COC4(OC3)OCC(CCCCCCOc3ccc(-c5ccc(C#N)cc5)cc3)CO4)cc2)cc1. The van der Waals surface area contributed by atoms with E-state index in [9.17, 15) is 0 Å². The summed E-state index contributed by atoms with van der Waals surface area (Å²) in [6.07, 6.45) is 9.67. The van der Waals surface area contributed by atoms with Crippen molar-refractivity contribution in [3.63, 3.8) is 0 Å². The fourth-order valence-electron chi connectivity index (χ4n) is 6.68. The van der Waals surface area contributed by atoms with Crippen LogP contribution in [0.15, 0.2) is 97.1 Å². The van der Waals surface area contributed by atoms with Crippen LogP contribution in [0.5, 0.6) is 11.5 Å². The average molecular weight is 715 g/mol. The maximum absolute atomic E-state index is 8.99. The van der Waals surface area contributed by atoms with Gasteiger partial charge in [0, 0.05) is 11.8 Å². The normalized spacial score (nSPS) is 19.7. The average Bonchev–Trinajstić information content (AvgIpc) is 3.22. The van der Waals surface area contributed by atoms with Crippen LogP contribution >= 0.6 is 0 Å². The Morgan fingerprint density at radius 1 is 0.453 bits per heavy atom. The van der Waals surface area contributed by atoms with Crippen molar-refractivity contribution in [3.8, 4) is 45.9 Å². The van der Waals surface area contributed by atoms with Crippen LogP contribution in [0, 0.1) is 34.5 Å². The first-order chi connectivity index (χ1) is 26.1. The van der Waals surface area contributed by atoms with Gasteiger partial charge in [0.1, 0.15) is 11.5 Å². The number of benzene rings is 4. The van der Waals surface area contributed by atoms with Gasteiger partial charge in [0.25, 0.3) is 0 Å². The molecule has 53 heavy (non-hydrogen) atoms. The minimum Gasteiger partial charge on any atom is -0.494 e. The van der Waals surface area contributed by atoms with E-state index in [0.29, 0.717) is 62.6 Å². The van der Waals surface area contributed by atoms with Crippen LogP contribution in [0.25, 0.3) is 22.3 Å². The highest BCUT2D eigenvalue weighted by molar-refractivity contribution is 5.65. The lowest BCUT2D eigenvalue weighted by molar-refractivity contribution is -0.535.